The van der Waals surface area contributed by atoms with Crippen LogP contribution in [0.1, 0.15) is 21.1 Å². The molecule has 4 nitrogen and oxygen atoms in total. The number of hydrogen-bond acceptors (Lipinski definition) is 3. The quantitative estimate of drug-likeness (QED) is 0.817. The largest absolute Gasteiger partial charge is 0.357 e. The van der Waals surface area contributed by atoms with Crippen LogP contribution in [0, 0.1) is 13.8 Å². The fourth-order valence-electron chi connectivity index (χ4n) is 1.16. The number of nitrogens with zero attached hydrogens (tertiary/aromatic N) is 1. The molecule has 1 amide bonds. The molecule has 0 bridgehead atoms. The Morgan fingerprint density at radius 1 is 1.53 bits per heavy atom. The van der Waals surface area contributed by atoms with Crippen molar-refractivity contribution >= 4 is 22.4 Å². The van der Waals surface area contributed by atoms with Gasteiger partial charge in [0.15, 0.2) is 5.13 Å². The first-order valence-corrected chi connectivity index (χ1v) is 5.37. The highest BCUT2D eigenvalue weighted by Gasteiger charge is 2.09. The van der Waals surface area contributed by atoms with Gasteiger partial charge in [-0.25, -0.2) is 4.98 Å². The van der Waals surface area contributed by atoms with Crippen molar-refractivity contribution in [1.82, 2.24) is 9.97 Å². The first-order valence-electron chi connectivity index (χ1n) is 4.55. The summed E-state index contributed by atoms with van der Waals surface area (Å²) in [6, 6.07) is 3.51. The third kappa shape index (κ3) is 2.07. The van der Waals surface area contributed by atoms with E-state index >= 15 is 0 Å². The molecule has 0 saturated carbocycles. The van der Waals surface area contributed by atoms with Gasteiger partial charge in [-0.3, -0.25) is 10.1 Å². The molecule has 0 spiro atoms. The number of aromatic nitrogens is 2. The summed E-state index contributed by atoms with van der Waals surface area (Å²) in [5, 5.41) is 3.39. The van der Waals surface area contributed by atoms with Gasteiger partial charge in [-0.2, -0.15) is 0 Å². The first-order chi connectivity index (χ1) is 7.16. The Balaban J connectivity index is 2.13. The van der Waals surface area contributed by atoms with E-state index < -0.39 is 0 Å². The zero-order valence-corrected chi connectivity index (χ0v) is 9.31. The molecule has 0 fully saturated rings. The molecule has 2 heterocycles. The van der Waals surface area contributed by atoms with Gasteiger partial charge >= 0.3 is 0 Å². The molecule has 0 unspecified atom stereocenters. The fraction of sp³-hybridized carbons (Fsp3) is 0.200. The molecule has 0 aliphatic carbocycles. The molecule has 78 valence electrons. The molecule has 2 aromatic rings. The van der Waals surface area contributed by atoms with Gasteiger partial charge in [0.1, 0.15) is 5.69 Å². The van der Waals surface area contributed by atoms with Crippen molar-refractivity contribution in [3.05, 3.63) is 34.6 Å². The maximum Gasteiger partial charge on any atom is 0.273 e. The first kappa shape index (κ1) is 9.92. The van der Waals surface area contributed by atoms with E-state index in [1.165, 1.54) is 11.3 Å². The summed E-state index contributed by atoms with van der Waals surface area (Å²) >= 11 is 1.48. The van der Waals surface area contributed by atoms with Gasteiger partial charge in [0.2, 0.25) is 0 Å². The highest BCUT2D eigenvalue weighted by molar-refractivity contribution is 7.15. The number of thiazole rings is 1. The smallest absolute Gasteiger partial charge is 0.273 e. The van der Waals surface area contributed by atoms with Gasteiger partial charge < -0.3 is 4.98 Å². The summed E-state index contributed by atoms with van der Waals surface area (Å²) in [6.07, 6.45) is 1.72. The van der Waals surface area contributed by atoms with Gasteiger partial charge in [-0.15, -0.1) is 11.3 Å². The lowest BCUT2D eigenvalue weighted by molar-refractivity contribution is 0.102. The number of hydrogen-bond donors (Lipinski definition) is 2. The summed E-state index contributed by atoms with van der Waals surface area (Å²) in [5.74, 6) is -0.159. The van der Waals surface area contributed by atoms with E-state index in [1.807, 2.05) is 13.8 Å². The number of aryl methyl sites for hydroxylation is 2. The van der Waals surface area contributed by atoms with E-state index in [1.54, 1.807) is 18.3 Å². The molecule has 15 heavy (non-hydrogen) atoms. The van der Waals surface area contributed by atoms with Crippen LogP contribution in [0.4, 0.5) is 5.13 Å². The molecule has 0 saturated heterocycles. The number of anilines is 1. The summed E-state index contributed by atoms with van der Waals surface area (Å²) in [5.41, 5.74) is 1.50. The molecule has 0 aliphatic rings. The zero-order valence-electron chi connectivity index (χ0n) is 8.50. The lowest BCUT2D eigenvalue weighted by Crippen LogP contribution is -2.11. The van der Waals surface area contributed by atoms with Crippen molar-refractivity contribution in [2.75, 3.05) is 5.32 Å². The Morgan fingerprint density at radius 2 is 2.33 bits per heavy atom. The highest BCUT2D eigenvalue weighted by atomic mass is 32.1. The van der Waals surface area contributed by atoms with Gasteiger partial charge in [0, 0.05) is 11.1 Å². The topological polar surface area (TPSA) is 57.8 Å². The molecular formula is C10H11N3OS. The van der Waals surface area contributed by atoms with Gasteiger partial charge in [0.05, 0.1) is 5.69 Å². The third-order valence-electron chi connectivity index (χ3n) is 2.09. The number of amides is 1. The van der Waals surface area contributed by atoms with E-state index in [-0.39, 0.29) is 5.91 Å². The normalized spacial score (nSPS) is 10.3. The molecule has 5 heteroatoms. The van der Waals surface area contributed by atoms with Crippen LogP contribution in [-0.2, 0) is 0 Å². The van der Waals surface area contributed by atoms with Crippen LogP contribution in [0.2, 0.25) is 0 Å². The molecule has 0 radical (unpaired) electrons. The van der Waals surface area contributed by atoms with Gasteiger partial charge in [-0.1, -0.05) is 0 Å². The molecule has 0 aromatic carbocycles. The molecule has 2 aromatic heterocycles. The number of nitrogens with one attached hydrogen (secondary N) is 2. The van der Waals surface area contributed by atoms with Crippen LogP contribution in [-0.4, -0.2) is 15.9 Å². The van der Waals surface area contributed by atoms with Crippen molar-refractivity contribution in [1.29, 1.82) is 0 Å². The van der Waals surface area contributed by atoms with E-state index in [0.29, 0.717) is 10.8 Å². The lowest BCUT2D eigenvalue weighted by atomic mass is 10.4. The Morgan fingerprint density at radius 3 is 2.87 bits per heavy atom. The summed E-state index contributed by atoms with van der Waals surface area (Å²) in [7, 11) is 0. The van der Waals surface area contributed by atoms with Crippen LogP contribution in [0.3, 0.4) is 0 Å². The Hall–Kier alpha value is -1.62. The van der Waals surface area contributed by atoms with E-state index in [0.717, 1.165) is 10.6 Å². The fourth-order valence-corrected chi connectivity index (χ4v) is 1.97. The van der Waals surface area contributed by atoms with Crippen LogP contribution in [0.25, 0.3) is 0 Å². The van der Waals surface area contributed by atoms with Crippen molar-refractivity contribution < 1.29 is 4.79 Å². The van der Waals surface area contributed by atoms with Gasteiger partial charge in [0.25, 0.3) is 5.91 Å². The van der Waals surface area contributed by atoms with Crippen molar-refractivity contribution in [3.8, 4) is 0 Å². The SMILES string of the molecule is Cc1nc(NC(=O)c2ccc[nH]2)sc1C. The summed E-state index contributed by atoms with van der Waals surface area (Å²) in [6.45, 7) is 3.91. The molecule has 2 rings (SSSR count). The van der Waals surface area contributed by atoms with Crippen molar-refractivity contribution in [2.45, 2.75) is 13.8 Å². The lowest BCUT2D eigenvalue weighted by Gasteiger charge is -1.97. The monoisotopic (exact) mass is 221 g/mol. The molecule has 0 aliphatic heterocycles. The molecular weight excluding hydrogens is 210 g/mol. The second kappa shape index (κ2) is 3.86. The second-order valence-electron chi connectivity index (χ2n) is 3.20. The maximum atomic E-state index is 11.6. The maximum absolute atomic E-state index is 11.6. The number of carbonyl (C=O) groups is 1. The Labute approximate surface area is 91.4 Å². The van der Waals surface area contributed by atoms with E-state index in [9.17, 15) is 4.79 Å². The van der Waals surface area contributed by atoms with Crippen LogP contribution >= 0.6 is 11.3 Å². The van der Waals surface area contributed by atoms with E-state index in [4.69, 9.17) is 0 Å². The average molecular weight is 221 g/mol. The van der Waals surface area contributed by atoms with Crippen molar-refractivity contribution in [3.63, 3.8) is 0 Å². The highest BCUT2D eigenvalue weighted by Crippen LogP contribution is 2.21. The minimum atomic E-state index is -0.159. The van der Waals surface area contributed by atoms with Gasteiger partial charge in [-0.05, 0) is 26.0 Å². The summed E-state index contributed by atoms with van der Waals surface area (Å²) in [4.78, 5) is 19.8. The second-order valence-corrected chi connectivity index (χ2v) is 4.40. The Kier molecular flexibility index (Phi) is 2.55. The van der Waals surface area contributed by atoms with Crippen molar-refractivity contribution in [2.24, 2.45) is 0 Å². The van der Waals surface area contributed by atoms with Crippen LogP contribution in [0.15, 0.2) is 18.3 Å². The third-order valence-corrected chi connectivity index (χ3v) is 3.08. The predicted octanol–water partition coefficient (Wildman–Crippen LogP) is 2.34. The summed E-state index contributed by atoms with van der Waals surface area (Å²) < 4.78 is 0. The zero-order chi connectivity index (χ0) is 10.8. The van der Waals surface area contributed by atoms with E-state index in [2.05, 4.69) is 15.3 Å². The molecule has 2 N–H and O–H groups in total. The number of H-pyrrole nitrogens is 1. The van der Waals surface area contributed by atoms with Crippen LogP contribution < -0.4 is 5.32 Å². The Bertz CT molecular complexity index is 453. The minimum Gasteiger partial charge on any atom is -0.357 e. The number of rotatable bonds is 2. The number of carbonyl (C=O) groups excluding carboxylic acids is 1. The predicted molar refractivity (Wildman–Crippen MR) is 60.3 cm³/mol. The minimum absolute atomic E-state index is 0.159. The average Bonchev–Trinajstić information content (AvgIpc) is 2.77. The van der Waals surface area contributed by atoms with Crippen LogP contribution in [0.5, 0.6) is 0 Å². The molecule has 0 atom stereocenters. The standard InChI is InChI=1S/C10H11N3OS/c1-6-7(2)15-10(12-6)13-9(14)8-4-3-5-11-8/h3-5,11H,1-2H3,(H,12,13,14). The number of aromatic amines is 1.